The zero-order valence-electron chi connectivity index (χ0n) is 30.7. The minimum absolute atomic E-state index is 0.0352. The molecule has 0 aliphatic rings. The van der Waals surface area contributed by atoms with E-state index >= 15 is 0 Å². The van der Waals surface area contributed by atoms with Gasteiger partial charge in [-0.15, -0.1) is 13.2 Å². The van der Waals surface area contributed by atoms with Crippen molar-refractivity contribution in [3.8, 4) is 17.2 Å². The van der Waals surface area contributed by atoms with Gasteiger partial charge in [0.2, 0.25) is 0 Å². The molecule has 51 heavy (non-hydrogen) atoms. The summed E-state index contributed by atoms with van der Waals surface area (Å²) in [7, 11) is 1.35. The Morgan fingerprint density at radius 3 is 2.24 bits per heavy atom. The minimum Gasteiger partial charge on any atom is -0.493 e. The third-order valence-corrected chi connectivity index (χ3v) is 7.99. The van der Waals surface area contributed by atoms with E-state index in [1.54, 1.807) is 4.57 Å². The first-order chi connectivity index (χ1) is 23.8. The van der Waals surface area contributed by atoms with Crippen molar-refractivity contribution in [1.82, 2.24) is 19.9 Å². The molecule has 11 nitrogen and oxygen atoms in total. The first-order valence-electron chi connectivity index (χ1n) is 17.0. The number of halogens is 3. The molecule has 0 spiro atoms. The van der Waals surface area contributed by atoms with Crippen molar-refractivity contribution in [2.45, 2.75) is 91.0 Å². The Labute approximate surface area is 297 Å². The summed E-state index contributed by atoms with van der Waals surface area (Å²) in [6.45, 7) is 14.9. The van der Waals surface area contributed by atoms with E-state index in [1.165, 1.54) is 13.2 Å². The van der Waals surface area contributed by atoms with Crippen molar-refractivity contribution < 1.29 is 22.6 Å². The Hall–Kier alpha value is -4.56. The molecule has 8 N–H and O–H groups in total. The van der Waals surface area contributed by atoms with E-state index in [9.17, 15) is 18.0 Å². The molecule has 0 radical (unpaired) electrons. The van der Waals surface area contributed by atoms with Gasteiger partial charge in [-0.3, -0.25) is 9.56 Å². The second kappa shape index (κ2) is 17.6. The number of methoxy groups -OCH3 is 1. The summed E-state index contributed by atoms with van der Waals surface area (Å²) in [5.41, 5.74) is 20.5. The third-order valence-electron chi connectivity index (χ3n) is 7.99. The zero-order chi connectivity index (χ0) is 38.0. The van der Waals surface area contributed by atoms with Crippen LogP contribution in [0.4, 0.5) is 13.2 Å². The van der Waals surface area contributed by atoms with Gasteiger partial charge in [-0.2, -0.15) is 4.98 Å². The van der Waals surface area contributed by atoms with Gasteiger partial charge in [0.1, 0.15) is 5.65 Å². The molecule has 4 aromatic rings. The summed E-state index contributed by atoms with van der Waals surface area (Å²) in [6, 6.07) is 13.2. The number of hydrogen-bond acceptors (Lipinski definition) is 7. The highest BCUT2D eigenvalue weighted by atomic mass is 19.4. The number of ether oxygens (including phenoxy) is 2. The monoisotopic (exact) mass is 714 g/mol. The molecule has 0 saturated heterocycles. The summed E-state index contributed by atoms with van der Waals surface area (Å²) >= 11 is 0. The Kier molecular flexibility index (Phi) is 14.1. The number of rotatable bonds is 13. The van der Waals surface area contributed by atoms with Crippen molar-refractivity contribution in [2.75, 3.05) is 26.7 Å². The Morgan fingerprint density at radius 2 is 1.67 bits per heavy atom. The van der Waals surface area contributed by atoms with Crippen LogP contribution >= 0.6 is 0 Å². The average molecular weight is 715 g/mol. The number of nitrogens with two attached hydrogens (primary N) is 3. The Bertz CT molecular complexity index is 1800. The zero-order valence-corrected chi connectivity index (χ0v) is 30.7. The average Bonchev–Trinajstić information content (AvgIpc) is 3.45. The number of nitrogens with zero attached hydrogens (tertiary/aromatic N) is 3. The molecule has 0 bridgehead atoms. The topological polar surface area (TPSA) is 172 Å². The largest absolute Gasteiger partial charge is 0.573 e. The third kappa shape index (κ3) is 12.6. The number of unbranched alkanes of at least 4 members (excludes halogenated alkanes) is 1. The van der Waals surface area contributed by atoms with Crippen LogP contribution in [0.25, 0.3) is 16.7 Å². The molecular weight excluding hydrogens is 661 g/mol. The van der Waals surface area contributed by atoms with Gasteiger partial charge in [-0.25, -0.2) is 4.79 Å². The van der Waals surface area contributed by atoms with Crippen molar-refractivity contribution >= 4 is 17.0 Å². The number of H-pyrrole nitrogens is 1. The second-order valence-electron chi connectivity index (χ2n) is 14.3. The molecule has 0 aliphatic carbocycles. The number of aliphatic imine (C=N–C) groups is 1. The van der Waals surface area contributed by atoms with Crippen LogP contribution in [0, 0.1) is 0 Å². The molecule has 0 atom stereocenters. The quantitative estimate of drug-likeness (QED) is 0.0644. The highest BCUT2D eigenvalue weighted by Gasteiger charge is 2.34. The summed E-state index contributed by atoms with van der Waals surface area (Å²) in [6.07, 6.45) is 0.138. The van der Waals surface area contributed by atoms with Crippen LogP contribution in [0.2, 0.25) is 0 Å². The van der Waals surface area contributed by atoms with Crippen LogP contribution in [0.15, 0.2) is 58.4 Å². The summed E-state index contributed by atoms with van der Waals surface area (Å²) in [5, 5.41) is 4.27. The fraction of sp³-hybridized carbons (Fsp3) is 0.486. The van der Waals surface area contributed by atoms with Gasteiger partial charge >= 0.3 is 12.1 Å². The van der Waals surface area contributed by atoms with Gasteiger partial charge in [0.05, 0.1) is 12.8 Å². The van der Waals surface area contributed by atoms with Crippen LogP contribution in [0.5, 0.6) is 11.5 Å². The first-order valence-corrected chi connectivity index (χ1v) is 17.0. The predicted molar refractivity (Wildman–Crippen MR) is 198 cm³/mol. The van der Waals surface area contributed by atoms with E-state index in [-0.39, 0.29) is 34.0 Å². The normalized spacial score (nSPS) is 12.0. The number of aryl methyl sites for hydroxylation is 1. The SMILES string of the molecule is CC(C)(C)c1cc2cn(-c3ccc(CNCCCN=C(N)N)cc3)c(=O)nc2[nH]1.COc1c(CCCCN)cc(C(C)(C)C)cc1OC(F)(F)F. The van der Waals surface area contributed by atoms with Gasteiger partial charge in [0, 0.05) is 35.8 Å². The maximum Gasteiger partial charge on any atom is 0.573 e. The van der Waals surface area contributed by atoms with E-state index in [4.69, 9.17) is 21.9 Å². The maximum atomic E-state index is 12.6. The van der Waals surface area contributed by atoms with Gasteiger partial charge in [0.25, 0.3) is 0 Å². The van der Waals surface area contributed by atoms with Crippen LogP contribution in [-0.2, 0) is 23.8 Å². The van der Waals surface area contributed by atoms with Crippen LogP contribution in [-0.4, -0.2) is 53.6 Å². The summed E-state index contributed by atoms with van der Waals surface area (Å²) < 4.78 is 48.8. The number of guanidine groups is 1. The highest BCUT2D eigenvalue weighted by Crippen LogP contribution is 2.40. The van der Waals surface area contributed by atoms with Crippen LogP contribution in [0.1, 0.15) is 83.2 Å². The molecule has 2 aromatic heterocycles. The molecule has 0 aliphatic heterocycles. The molecule has 0 unspecified atom stereocenters. The second-order valence-corrected chi connectivity index (χ2v) is 14.3. The molecule has 2 aromatic carbocycles. The number of nitrogens with one attached hydrogen (secondary N) is 2. The summed E-state index contributed by atoms with van der Waals surface area (Å²) in [4.78, 5) is 23.9. The van der Waals surface area contributed by atoms with Gasteiger partial charge in [-0.1, -0.05) is 59.7 Å². The van der Waals surface area contributed by atoms with E-state index < -0.39 is 6.36 Å². The molecule has 280 valence electrons. The predicted octanol–water partition coefficient (Wildman–Crippen LogP) is 5.94. The number of aromatic amines is 1. The lowest BCUT2D eigenvalue weighted by molar-refractivity contribution is -0.275. The smallest absolute Gasteiger partial charge is 0.493 e. The van der Waals surface area contributed by atoms with Gasteiger partial charge < -0.3 is 37.0 Å². The lowest BCUT2D eigenvalue weighted by Crippen LogP contribution is -2.23. The first kappa shape index (κ1) is 40.9. The molecule has 2 heterocycles. The lowest BCUT2D eigenvalue weighted by Gasteiger charge is -2.24. The number of alkyl halides is 3. The number of benzene rings is 2. The molecule has 4 rings (SSSR count). The van der Waals surface area contributed by atoms with E-state index in [0.29, 0.717) is 30.7 Å². The number of fused-ring (bicyclic) bond motifs is 1. The molecule has 14 heteroatoms. The van der Waals surface area contributed by atoms with Crippen molar-refractivity contribution in [3.63, 3.8) is 0 Å². The fourth-order valence-corrected chi connectivity index (χ4v) is 5.17. The molecule has 0 saturated carbocycles. The summed E-state index contributed by atoms with van der Waals surface area (Å²) in [5.74, 6) is -0.0229. The Morgan fingerprint density at radius 1 is 0.980 bits per heavy atom. The van der Waals surface area contributed by atoms with E-state index in [1.807, 2.05) is 57.3 Å². The standard InChI is InChI=1S/C21H29N7O.C16H24F3NO2/c1-21(2,3)17-11-15-13-28(20(29)27-18(15)26-17)16-7-5-14(6-8-16)12-24-9-4-10-25-19(22)23;1-15(2,3)12-9-11(7-5-6-8-20)14(21-4)13(10-12)22-16(17,18)19/h5-8,11,13,24H,4,9-10,12H2,1-3H3,(H4,22,23,25)(H,26,27,29);9-10H,5-8,20H2,1-4H3. The van der Waals surface area contributed by atoms with Crippen LogP contribution < -0.4 is 37.7 Å². The van der Waals surface area contributed by atoms with E-state index in [2.05, 4.69) is 51.9 Å². The maximum absolute atomic E-state index is 12.6. The lowest BCUT2D eigenvalue weighted by atomic mass is 9.85. The van der Waals surface area contributed by atoms with E-state index in [0.717, 1.165) is 60.2 Å². The van der Waals surface area contributed by atoms with Gasteiger partial charge in [-0.05, 0) is 85.1 Å². The van der Waals surface area contributed by atoms with Crippen molar-refractivity contribution in [1.29, 1.82) is 0 Å². The van der Waals surface area contributed by atoms with Crippen molar-refractivity contribution in [2.24, 2.45) is 22.2 Å². The number of hydrogen-bond donors (Lipinski definition) is 5. The molecule has 0 amide bonds. The fourth-order valence-electron chi connectivity index (χ4n) is 5.17. The van der Waals surface area contributed by atoms with Crippen LogP contribution in [0.3, 0.4) is 0 Å². The highest BCUT2D eigenvalue weighted by molar-refractivity contribution is 5.76. The van der Waals surface area contributed by atoms with Gasteiger partial charge in [0.15, 0.2) is 17.5 Å². The molecule has 0 fully saturated rings. The minimum atomic E-state index is -4.75. The number of aromatic nitrogens is 3. The van der Waals surface area contributed by atoms with Crippen molar-refractivity contribution in [3.05, 3.63) is 81.5 Å². The Balaban J connectivity index is 0.000000287. The molecular formula is C37H53F3N8O3.